The standard InChI is InChI=1S/C16H19N5OS/c1-23-15-7-6-14(18-19-15)21-10-8-20(9-11-21)13-4-2-12(3-5-13)16(17)22/h2-7H,8-11H2,1H3,(H2,17,22). The van der Waals surface area contributed by atoms with Gasteiger partial charge in [-0.05, 0) is 42.7 Å². The minimum Gasteiger partial charge on any atom is -0.368 e. The molecule has 1 aliphatic rings. The molecule has 1 aromatic heterocycles. The second-order valence-corrected chi connectivity index (χ2v) is 6.15. The summed E-state index contributed by atoms with van der Waals surface area (Å²) in [5.41, 5.74) is 6.92. The van der Waals surface area contributed by atoms with E-state index in [0.717, 1.165) is 42.7 Å². The third-order valence-corrected chi connectivity index (χ3v) is 4.59. The summed E-state index contributed by atoms with van der Waals surface area (Å²) in [4.78, 5) is 15.7. The molecule has 23 heavy (non-hydrogen) atoms. The largest absolute Gasteiger partial charge is 0.368 e. The molecule has 3 rings (SSSR count). The number of hydrogen-bond acceptors (Lipinski definition) is 6. The molecule has 0 atom stereocenters. The Morgan fingerprint density at radius 1 is 1.00 bits per heavy atom. The van der Waals surface area contributed by atoms with Crippen molar-refractivity contribution in [3.05, 3.63) is 42.0 Å². The lowest BCUT2D eigenvalue weighted by molar-refractivity contribution is 0.100. The lowest BCUT2D eigenvalue weighted by Crippen LogP contribution is -2.46. The van der Waals surface area contributed by atoms with Crippen molar-refractivity contribution in [1.29, 1.82) is 0 Å². The van der Waals surface area contributed by atoms with Gasteiger partial charge in [0.2, 0.25) is 5.91 Å². The van der Waals surface area contributed by atoms with Crippen molar-refractivity contribution in [3.63, 3.8) is 0 Å². The topological polar surface area (TPSA) is 75.3 Å². The zero-order chi connectivity index (χ0) is 16.2. The molecule has 120 valence electrons. The SMILES string of the molecule is CSc1ccc(N2CCN(c3ccc(C(N)=O)cc3)CC2)nn1. The molecule has 0 unspecified atom stereocenters. The lowest BCUT2D eigenvalue weighted by Gasteiger charge is -2.36. The molecule has 2 aromatic rings. The van der Waals surface area contributed by atoms with E-state index < -0.39 is 5.91 Å². The minimum atomic E-state index is -0.395. The molecule has 2 heterocycles. The summed E-state index contributed by atoms with van der Waals surface area (Å²) >= 11 is 1.59. The van der Waals surface area contributed by atoms with E-state index in [2.05, 4.69) is 20.0 Å². The average Bonchev–Trinajstić information content (AvgIpc) is 2.62. The fourth-order valence-electron chi connectivity index (χ4n) is 2.62. The molecule has 1 amide bonds. The van der Waals surface area contributed by atoms with Crippen molar-refractivity contribution in [2.24, 2.45) is 5.73 Å². The van der Waals surface area contributed by atoms with E-state index >= 15 is 0 Å². The number of primary amides is 1. The second-order valence-electron chi connectivity index (χ2n) is 5.32. The second kappa shape index (κ2) is 6.87. The Labute approximate surface area is 139 Å². The van der Waals surface area contributed by atoms with Crippen molar-refractivity contribution in [2.45, 2.75) is 5.03 Å². The van der Waals surface area contributed by atoms with Crippen LogP contribution in [0.4, 0.5) is 11.5 Å². The van der Waals surface area contributed by atoms with Crippen LogP contribution in [-0.4, -0.2) is 48.5 Å². The van der Waals surface area contributed by atoms with Crippen molar-refractivity contribution >= 4 is 29.2 Å². The molecule has 6 nitrogen and oxygen atoms in total. The first-order chi connectivity index (χ1) is 11.2. The van der Waals surface area contributed by atoms with Crippen molar-refractivity contribution in [3.8, 4) is 0 Å². The van der Waals surface area contributed by atoms with Crippen LogP contribution in [0.25, 0.3) is 0 Å². The molecule has 0 spiro atoms. The third-order valence-electron chi connectivity index (χ3n) is 3.96. The van der Waals surface area contributed by atoms with Crippen LogP contribution < -0.4 is 15.5 Å². The van der Waals surface area contributed by atoms with Crippen molar-refractivity contribution < 1.29 is 4.79 Å². The summed E-state index contributed by atoms with van der Waals surface area (Å²) in [5, 5.41) is 9.41. The first-order valence-corrected chi connectivity index (χ1v) is 8.67. The number of aromatic nitrogens is 2. The summed E-state index contributed by atoms with van der Waals surface area (Å²) in [7, 11) is 0. The van der Waals surface area contributed by atoms with E-state index in [4.69, 9.17) is 5.73 Å². The highest BCUT2D eigenvalue weighted by molar-refractivity contribution is 7.98. The molecular weight excluding hydrogens is 310 g/mol. The van der Waals surface area contributed by atoms with E-state index in [1.165, 1.54) is 0 Å². The third kappa shape index (κ3) is 3.56. The zero-order valence-electron chi connectivity index (χ0n) is 13.0. The summed E-state index contributed by atoms with van der Waals surface area (Å²) in [6.45, 7) is 3.60. The van der Waals surface area contributed by atoms with Crippen LogP contribution in [0.5, 0.6) is 0 Å². The van der Waals surface area contributed by atoms with Crippen LogP contribution in [0.3, 0.4) is 0 Å². The first kappa shape index (κ1) is 15.6. The lowest BCUT2D eigenvalue weighted by atomic mass is 10.1. The monoisotopic (exact) mass is 329 g/mol. The van der Waals surface area contributed by atoms with Gasteiger partial charge >= 0.3 is 0 Å². The Kier molecular flexibility index (Phi) is 4.66. The number of anilines is 2. The van der Waals surface area contributed by atoms with E-state index in [1.807, 2.05) is 30.5 Å². The quantitative estimate of drug-likeness (QED) is 0.859. The number of carbonyl (C=O) groups is 1. The molecule has 0 saturated carbocycles. The number of benzene rings is 1. The summed E-state index contributed by atoms with van der Waals surface area (Å²) in [6.07, 6.45) is 1.99. The molecule has 0 radical (unpaired) electrons. The zero-order valence-corrected chi connectivity index (χ0v) is 13.8. The Hall–Kier alpha value is -2.28. The van der Waals surface area contributed by atoms with Crippen LogP contribution >= 0.6 is 11.8 Å². The number of rotatable bonds is 4. The predicted molar refractivity (Wildman–Crippen MR) is 93.2 cm³/mol. The Morgan fingerprint density at radius 3 is 2.17 bits per heavy atom. The maximum Gasteiger partial charge on any atom is 0.248 e. The molecule has 0 aliphatic carbocycles. The van der Waals surface area contributed by atoms with E-state index in [-0.39, 0.29) is 0 Å². The number of nitrogens with two attached hydrogens (primary N) is 1. The Bertz CT molecular complexity index is 666. The van der Waals surface area contributed by atoms with Gasteiger partial charge in [0, 0.05) is 37.4 Å². The van der Waals surface area contributed by atoms with Gasteiger partial charge in [-0.2, -0.15) is 0 Å². The highest BCUT2D eigenvalue weighted by Crippen LogP contribution is 2.20. The number of piperazine rings is 1. The Morgan fingerprint density at radius 2 is 1.65 bits per heavy atom. The van der Waals surface area contributed by atoms with Gasteiger partial charge in [0.15, 0.2) is 5.82 Å². The number of thioether (sulfide) groups is 1. The molecule has 1 aromatic carbocycles. The van der Waals surface area contributed by atoms with Gasteiger partial charge in [-0.3, -0.25) is 4.79 Å². The fourth-order valence-corrected chi connectivity index (χ4v) is 2.95. The van der Waals surface area contributed by atoms with Gasteiger partial charge in [0.05, 0.1) is 0 Å². The van der Waals surface area contributed by atoms with E-state index in [0.29, 0.717) is 5.56 Å². The maximum absolute atomic E-state index is 11.1. The number of nitrogens with zero attached hydrogens (tertiary/aromatic N) is 4. The molecule has 1 saturated heterocycles. The van der Waals surface area contributed by atoms with E-state index in [9.17, 15) is 4.79 Å². The molecule has 7 heteroatoms. The highest BCUT2D eigenvalue weighted by Gasteiger charge is 2.18. The molecular formula is C16H19N5OS. The molecule has 1 fully saturated rings. The molecule has 2 N–H and O–H groups in total. The van der Waals surface area contributed by atoms with Gasteiger partial charge in [-0.25, -0.2) is 0 Å². The van der Waals surface area contributed by atoms with Gasteiger partial charge in [0.1, 0.15) is 5.03 Å². The average molecular weight is 329 g/mol. The van der Waals surface area contributed by atoms with Crippen LogP contribution in [0, 0.1) is 0 Å². The van der Waals surface area contributed by atoms with Gasteiger partial charge < -0.3 is 15.5 Å². The molecule has 0 bridgehead atoms. The number of amides is 1. The summed E-state index contributed by atoms with van der Waals surface area (Å²) < 4.78 is 0. The van der Waals surface area contributed by atoms with Gasteiger partial charge in [-0.1, -0.05) is 0 Å². The Balaban J connectivity index is 1.62. The first-order valence-electron chi connectivity index (χ1n) is 7.45. The summed E-state index contributed by atoms with van der Waals surface area (Å²) in [5.74, 6) is 0.528. The van der Waals surface area contributed by atoms with Gasteiger partial charge in [0.25, 0.3) is 0 Å². The normalized spacial score (nSPS) is 14.8. The van der Waals surface area contributed by atoms with Crippen LogP contribution in [-0.2, 0) is 0 Å². The minimum absolute atomic E-state index is 0.395. The van der Waals surface area contributed by atoms with E-state index in [1.54, 1.807) is 23.9 Å². The van der Waals surface area contributed by atoms with Crippen LogP contribution in [0.1, 0.15) is 10.4 Å². The van der Waals surface area contributed by atoms with Crippen molar-refractivity contribution in [2.75, 3.05) is 42.2 Å². The fraction of sp³-hybridized carbons (Fsp3) is 0.312. The summed E-state index contributed by atoms with van der Waals surface area (Å²) in [6, 6.07) is 11.5. The highest BCUT2D eigenvalue weighted by atomic mass is 32.2. The van der Waals surface area contributed by atoms with Crippen LogP contribution in [0.2, 0.25) is 0 Å². The molecule has 1 aliphatic heterocycles. The predicted octanol–water partition coefficient (Wildman–Crippen LogP) is 1.62. The van der Waals surface area contributed by atoms with Crippen LogP contribution in [0.15, 0.2) is 41.4 Å². The smallest absolute Gasteiger partial charge is 0.248 e. The number of hydrogen-bond donors (Lipinski definition) is 1. The van der Waals surface area contributed by atoms with Gasteiger partial charge in [-0.15, -0.1) is 22.0 Å². The maximum atomic E-state index is 11.1. The van der Waals surface area contributed by atoms with Crippen molar-refractivity contribution in [1.82, 2.24) is 10.2 Å². The number of carbonyl (C=O) groups excluding carboxylic acids is 1.